The molecule has 20 heavy (non-hydrogen) atoms. The van der Waals surface area contributed by atoms with Gasteiger partial charge in [0.1, 0.15) is 6.23 Å². The highest BCUT2D eigenvalue weighted by molar-refractivity contribution is 4.84. The maximum atomic E-state index is 5.47. The maximum Gasteiger partial charge on any atom is 0.109 e. The fourth-order valence-corrected chi connectivity index (χ4v) is 3.67. The lowest BCUT2D eigenvalue weighted by Crippen LogP contribution is -2.60. The third-order valence-electron chi connectivity index (χ3n) is 4.92. The Bertz CT molecular complexity index is 289. The third kappa shape index (κ3) is 3.50. The van der Waals surface area contributed by atoms with Crippen molar-refractivity contribution in [1.82, 2.24) is 25.6 Å². The Labute approximate surface area is 122 Å². The molecule has 116 valence electrons. The molecule has 3 rings (SSSR count). The first-order valence-electron chi connectivity index (χ1n) is 8.07. The Morgan fingerprint density at radius 1 is 0.900 bits per heavy atom. The summed E-state index contributed by atoms with van der Waals surface area (Å²) in [5.41, 5.74) is 0. The van der Waals surface area contributed by atoms with Crippen molar-refractivity contribution in [2.24, 2.45) is 0 Å². The van der Waals surface area contributed by atoms with Crippen LogP contribution >= 0.6 is 0 Å². The predicted octanol–water partition coefficient (Wildman–Crippen LogP) is -0.851. The zero-order valence-corrected chi connectivity index (χ0v) is 12.7. The van der Waals surface area contributed by atoms with Crippen LogP contribution in [0.1, 0.15) is 12.8 Å². The molecule has 2 N–H and O–H groups in total. The van der Waals surface area contributed by atoms with Gasteiger partial charge in [0.25, 0.3) is 0 Å². The first kappa shape index (κ1) is 14.7. The quantitative estimate of drug-likeness (QED) is 0.703. The summed E-state index contributed by atoms with van der Waals surface area (Å²) in [6.07, 6.45) is 2.64. The molecule has 0 spiro atoms. The lowest BCUT2D eigenvalue weighted by molar-refractivity contribution is -0.0782. The van der Waals surface area contributed by atoms with Crippen LogP contribution in [0.4, 0.5) is 0 Å². The molecule has 3 saturated heterocycles. The van der Waals surface area contributed by atoms with Crippen LogP contribution < -0.4 is 10.6 Å². The summed E-state index contributed by atoms with van der Waals surface area (Å²) < 4.78 is 5.47. The van der Waals surface area contributed by atoms with Gasteiger partial charge in [0.2, 0.25) is 0 Å². The van der Waals surface area contributed by atoms with Crippen LogP contribution in [0.25, 0.3) is 0 Å². The van der Waals surface area contributed by atoms with Gasteiger partial charge in [0.15, 0.2) is 0 Å². The molecule has 0 aliphatic carbocycles. The van der Waals surface area contributed by atoms with Gasteiger partial charge in [-0.3, -0.25) is 10.2 Å². The average molecular weight is 283 g/mol. The third-order valence-corrected chi connectivity index (χ3v) is 4.92. The minimum Gasteiger partial charge on any atom is -0.367 e. The number of nitrogens with one attached hydrogen (secondary N) is 2. The van der Waals surface area contributed by atoms with E-state index in [4.69, 9.17) is 4.74 Å². The highest BCUT2D eigenvalue weighted by atomic mass is 16.5. The summed E-state index contributed by atoms with van der Waals surface area (Å²) in [6, 6.07) is 0.700. The van der Waals surface area contributed by atoms with E-state index in [1.807, 2.05) is 7.11 Å². The van der Waals surface area contributed by atoms with E-state index in [0.717, 1.165) is 26.1 Å². The molecule has 0 saturated carbocycles. The zero-order chi connectivity index (χ0) is 13.8. The number of hydrogen-bond acceptors (Lipinski definition) is 6. The lowest BCUT2D eigenvalue weighted by Gasteiger charge is -2.46. The van der Waals surface area contributed by atoms with E-state index >= 15 is 0 Å². The van der Waals surface area contributed by atoms with Crippen LogP contribution in [-0.2, 0) is 4.74 Å². The molecule has 0 aromatic carbocycles. The van der Waals surface area contributed by atoms with E-state index in [1.165, 1.54) is 45.7 Å². The van der Waals surface area contributed by atoms with Crippen molar-refractivity contribution in [2.45, 2.75) is 25.1 Å². The van der Waals surface area contributed by atoms with E-state index in [0.29, 0.717) is 6.04 Å². The number of rotatable bonds is 3. The fourth-order valence-electron chi connectivity index (χ4n) is 3.67. The molecule has 0 aromatic heterocycles. The number of nitrogens with zero attached hydrogens (tertiary/aromatic N) is 3. The van der Waals surface area contributed by atoms with Crippen LogP contribution in [0.5, 0.6) is 0 Å². The second-order valence-electron chi connectivity index (χ2n) is 6.05. The van der Waals surface area contributed by atoms with E-state index in [-0.39, 0.29) is 6.23 Å². The Hall–Kier alpha value is -0.240. The molecule has 2 unspecified atom stereocenters. The van der Waals surface area contributed by atoms with Gasteiger partial charge in [-0.15, -0.1) is 0 Å². The van der Waals surface area contributed by atoms with Gasteiger partial charge in [-0.05, 0) is 13.0 Å². The Kier molecular flexibility index (Phi) is 5.25. The highest BCUT2D eigenvalue weighted by Crippen LogP contribution is 2.18. The number of methoxy groups -OCH3 is 1. The average Bonchev–Trinajstić information content (AvgIpc) is 2.56. The van der Waals surface area contributed by atoms with E-state index < -0.39 is 0 Å². The topological polar surface area (TPSA) is 43.0 Å². The molecule has 0 radical (unpaired) electrons. The smallest absolute Gasteiger partial charge is 0.109 e. The molecular formula is C14H29N5O. The molecular weight excluding hydrogens is 254 g/mol. The fraction of sp³-hybridized carbons (Fsp3) is 1.00. The van der Waals surface area contributed by atoms with Gasteiger partial charge in [0, 0.05) is 71.9 Å². The normalized spacial score (nSPS) is 35.2. The van der Waals surface area contributed by atoms with Gasteiger partial charge in [-0.1, -0.05) is 0 Å². The van der Waals surface area contributed by atoms with E-state index in [2.05, 4.69) is 25.6 Å². The summed E-state index contributed by atoms with van der Waals surface area (Å²) in [4.78, 5) is 2.67. The van der Waals surface area contributed by atoms with Crippen molar-refractivity contribution in [3.63, 3.8) is 0 Å². The summed E-state index contributed by atoms with van der Waals surface area (Å²) in [6.45, 7) is 10.4. The molecule has 0 bridgehead atoms. The summed E-state index contributed by atoms with van der Waals surface area (Å²) in [7, 11) is 1.81. The lowest BCUT2D eigenvalue weighted by atomic mass is 10.0. The number of hydrogen-bond donors (Lipinski definition) is 2. The SMILES string of the molecule is COC1CC(N2CCN(N3CCNCC3)CC2)CCN1. The molecule has 3 fully saturated rings. The molecule has 0 amide bonds. The zero-order valence-electron chi connectivity index (χ0n) is 12.7. The maximum absolute atomic E-state index is 5.47. The van der Waals surface area contributed by atoms with Crippen molar-refractivity contribution in [3.05, 3.63) is 0 Å². The van der Waals surface area contributed by atoms with Gasteiger partial charge >= 0.3 is 0 Å². The summed E-state index contributed by atoms with van der Waals surface area (Å²) in [5, 5.41) is 11.9. The van der Waals surface area contributed by atoms with E-state index in [9.17, 15) is 0 Å². The molecule has 0 aromatic rings. The van der Waals surface area contributed by atoms with Crippen molar-refractivity contribution in [3.8, 4) is 0 Å². The first-order valence-corrected chi connectivity index (χ1v) is 8.07. The van der Waals surface area contributed by atoms with Crippen molar-refractivity contribution >= 4 is 0 Å². The highest BCUT2D eigenvalue weighted by Gasteiger charge is 2.30. The Morgan fingerprint density at radius 3 is 2.30 bits per heavy atom. The monoisotopic (exact) mass is 283 g/mol. The predicted molar refractivity (Wildman–Crippen MR) is 79.4 cm³/mol. The second kappa shape index (κ2) is 7.15. The van der Waals surface area contributed by atoms with Crippen molar-refractivity contribution in [1.29, 1.82) is 0 Å². The molecule has 3 aliphatic rings. The number of ether oxygens (including phenoxy) is 1. The van der Waals surface area contributed by atoms with Crippen LogP contribution in [0.15, 0.2) is 0 Å². The summed E-state index contributed by atoms with van der Waals surface area (Å²) >= 11 is 0. The molecule has 6 nitrogen and oxygen atoms in total. The van der Waals surface area contributed by atoms with Gasteiger partial charge in [0.05, 0.1) is 0 Å². The first-order chi connectivity index (χ1) is 9.86. The van der Waals surface area contributed by atoms with Crippen LogP contribution in [0.2, 0.25) is 0 Å². The van der Waals surface area contributed by atoms with Gasteiger partial charge in [-0.25, -0.2) is 10.0 Å². The molecule has 3 heterocycles. The van der Waals surface area contributed by atoms with Crippen LogP contribution in [0, 0.1) is 0 Å². The van der Waals surface area contributed by atoms with Crippen LogP contribution in [-0.4, -0.2) is 93.2 Å². The Morgan fingerprint density at radius 2 is 1.60 bits per heavy atom. The number of piperidine rings is 1. The molecule has 6 heteroatoms. The standard InChI is InChI=1S/C14H29N5O/c1-20-14-12-13(2-3-16-14)17-8-10-19(11-9-17)18-6-4-15-5-7-18/h13-16H,2-12H2,1H3. The minimum atomic E-state index is 0.250. The Balaban J connectivity index is 1.45. The minimum absolute atomic E-state index is 0.250. The van der Waals surface area contributed by atoms with Gasteiger partial charge < -0.3 is 10.1 Å². The van der Waals surface area contributed by atoms with Crippen LogP contribution in [0.3, 0.4) is 0 Å². The largest absolute Gasteiger partial charge is 0.367 e. The molecule has 2 atom stereocenters. The number of hydrazine groups is 1. The van der Waals surface area contributed by atoms with Crippen molar-refractivity contribution < 1.29 is 4.74 Å². The number of piperazine rings is 2. The van der Waals surface area contributed by atoms with E-state index in [1.54, 1.807) is 0 Å². The van der Waals surface area contributed by atoms with Gasteiger partial charge in [-0.2, -0.15) is 0 Å². The van der Waals surface area contributed by atoms with Crippen molar-refractivity contribution in [2.75, 3.05) is 66.0 Å². The summed E-state index contributed by atoms with van der Waals surface area (Å²) in [5.74, 6) is 0. The second-order valence-corrected chi connectivity index (χ2v) is 6.05. The molecule has 3 aliphatic heterocycles.